The molecular weight excluding hydrogens is 867 g/mol. The summed E-state index contributed by atoms with van der Waals surface area (Å²) in [7, 11) is -2.65. The first kappa shape index (κ1) is 49.9. The fourth-order valence-electron chi connectivity index (χ4n) is 7.18. The average molecular weight is 928 g/mol. The van der Waals surface area contributed by atoms with Gasteiger partial charge in [0.05, 0.1) is 23.5 Å². The average Bonchev–Trinajstić information content (AvgIpc) is 3.73. The number of rotatable bonds is 18. The number of carbonyl (C=O) groups is 6. The number of sulfonamides is 1. The van der Waals surface area contributed by atoms with E-state index >= 15 is 0 Å². The molecule has 1 aliphatic rings. The zero-order valence-corrected chi connectivity index (χ0v) is 38.3. The summed E-state index contributed by atoms with van der Waals surface area (Å²) < 4.78 is 34.9. The van der Waals surface area contributed by atoms with Crippen LogP contribution < -0.4 is 36.7 Å². The maximum atomic E-state index is 14.4. The van der Waals surface area contributed by atoms with Gasteiger partial charge < -0.3 is 31.3 Å². The van der Waals surface area contributed by atoms with E-state index in [1.807, 2.05) is 60.7 Å². The molecule has 0 aliphatic carbocycles. The third-order valence-electron chi connectivity index (χ3n) is 10.2. The predicted molar refractivity (Wildman–Crippen MR) is 251 cm³/mol. The normalized spacial score (nSPS) is 16.0. The van der Waals surface area contributed by atoms with Gasteiger partial charge in [0.1, 0.15) is 23.4 Å². The molecule has 1 unspecified atom stereocenters. The lowest BCUT2D eigenvalue weighted by Gasteiger charge is -2.29. The van der Waals surface area contributed by atoms with Gasteiger partial charge in [-0.1, -0.05) is 123 Å². The number of hydrogen-bond donors (Lipinski definition) is 7. The minimum absolute atomic E-state index is 0. The number of hydrazone groups is 1. The van der Waals surface area contributed by atoms with Gasteiger partial charge in [-0.3, -0.25) is 24.1 Å². The number of likely N-dealkylation sites (tertiary alicyclic amines) is 1. The van der Waals surface area contributed by atoms with Crippen molar-refractivity contribution in [2.24, 2.45) is 5.10 Å². The van der Waals surface area contributed by atoms with Gasteiger partial charge in [0, 0.05) is 22.5 Å². The van der Waals surface area contributed by atoms with Gasteiger partial charge in [-0.2, -0.15) is 5.10 Å². The first-order valence-electron chi connectivity index (χ1n) is 21.4. The van der Waals surface area contributed by atoms with E-state index in [2.05, 4.69) is 41.8 Å². The lowest BCUT2D eigenvalue weighted by Crippen LogP contribution is -2.55. The van der Waals surface area contributed by atoms with Gasteiger partial charge in [0.2, 0.25) is 27.7 Å². The second-order valence-electron chi connectivity index (χ2n) is 16.4. The van der Waals surface area contributed by atoms with Crippen LogP contribution in [-0.4, -0.2) is 98.6 Å². The quantitative estimate of drug-likeness (QED) is 0.0555. The van der Waals surface area contributed by atoms with Crippen molar-refractivity contribution in [3.8, 4) is 0 Å². The Bertz CT molecular complexity index is 2410. The number of hydrogen-bond acceptors (Lipinski definition) is 10. The number of likely N-dealkylation sites (N-methyl/N-ethyl adjacent to an activating group) is 1. The molecule has 1 fully saturated rings. The molecule has 354 valence electrons. The standard InChI is InChI=1S/C47H57N9O9S.2H2/c1-6-19-36(50-42(58)37-28-34(30-56(37)46(62)65-47(2,3)4)55-66(63,64)35-26-17-10-18-27-35)41(44(60)49-29-38(57)51-40(43(59)48-5)33-24-15-9-16-25-33)53-54-45(61)52-39(31-20-11-7-12-21-31)32-22-13-8-14-23-32;;/h7-18,20-27,34,36-37,39-40,55H,6,19,28-30H2,1-5H3,(H,48,59)(H,49,60)(H,50,58)(H,51,57)(H2,52,54,61);2*1H/t34-,36+,37?,40+;;/m1../s1. The summed E-state index contributed by atoms with van der Waals surface area (Å²) in [4.78, 5) is 83.0. The number of amides is 7. The number of nitrogens with zero attached hydrogens (tertiary/aromatic N) is 2. The Kier molecular flexibility index (Phi) is 17.5. The van der Waals surface area contributed by atoms with Crippen LogP contribution in [0.5, 0.6) is 0 Å². The van der Waals surface area contributed by atoms with E-state index in [9.17, 15) is 37.2 Å². The molecule has 7 N–H and O–H groups in total. The lowest BCUT2D eigenvalue weighted by molar-refractivity contribution is -0.129. The molecule has 4 aromatic rings. The predicted octanol–water partition coefficient (Wildman–Crippen LogP) is 4.28. The minimum Gasteiger partial charge on any atom is -0.444 e. The third kappa shape index (κ3) is 14.2. The van der Waals surface area contributed by atoms with Crippen LogP contribution in [0.15, 0.2) is 131 Å². The first-order chi connectivity index (χ1) is 31.5. The number of carbonyl (C=O) groups excluding carboxylic acids is 6. The van der Waals surface area contributed by atoms with Crippen molar-refractivity contribution in [1.29, 1.82) is 0 Å². The molecule has 4 aromatic carbocycles. The molecule has 1 saturated heterocycles. The summed E-state index contributed by atoms with van der Waals surface area (Å²) in [6.45, 7) is 5.87. The van der Waals surface area contributed by atoms with Gasteiger partial charge in [-0.15, -0.1) is 0 Å². The van der Waals surface area contributed by atoms with Gasteiger partial charge in [0.15, 0.2) is 0 Å². The summed E-state index contributed by atoms with van der Waals surface area (Å²) in [5, 5.41) is 17.5. The van der Waals surface area contributed by atoms with Crippen LogP contribution in [0, 0.1) is 0 Å². The number of ether oxygens (including phenoxy) is 1. The van der Waals surface area contributed by atoms with E-state index in [-0.39, 0.29) is 27.1 Å². The number of urea groups is 1. The van der Waals surface area contributed by atoms with E-state index in [0.717, 1.165) is 16.0 Å². The van der Waals surface area contributed by atoms with Crippen LogP contribution in [0.2, 0.25) is 0 Å². The van der Waals surface area contributed by atoms with Crippen LogP contribution in [0.25, 0.3) is 0 Å². The molecule has 0 saturated carbocycles. The second kappa shape index (κ2) is 23.2. The van der Waals surface area contributed by atoms with Crippen LogP contribution >= 0.6 is 0 Å². The van der Waals surface area contributed by atoms with E-state index in [1.165, 1.54) is 19.2 Å². The van der Waals surface area contributed by atoms with Gasteiger partial charge >= 0.3 is 12.1 Å². The molecule has 7 amide bonds. The van der Waals surface area contributed by atoms with E-state index in [0.29, 0.717) is 12.0 Å². The van der Waals surface area contributed by atoms with Crippen molar-refractivity contribution < 1.29 is 44.8 Å². The highest BCUT2D eigenvalue weighted by molar-refractivity contribution is 7.89. The van der Waals surface area contributed by atoms with Crippen LogP contribution in [0.4, 0.5) is 9.59 Å². The molecule has 4 atom stereocenters. The summed E-state index contributed by atoms with van der Waals surface area (Å²) >= 11 is 0. The van der Waals surface area contributed by atoms with Crippen LogP contribution in [-0.2, 0) is 33.9 Å². The molecule has 0 spiro atoms. The van der Waals surface area contributed by atoms with Crippen molar-refractivity contribution in [1.82, 2.24) is 41.6 Å². The Morgan fingerprint density at radius 3 is 1.86 bits per heavy atom. The largest absolute Gasteiger partial charge is 0.444 e. The molecule has 1 aliphatic heterocycles. The van der Waals surface area contributed by atoms with Crippen molar-refractivity contribution in [2.75, 3.05) is 20.1 Å². The smallest absolute Gasteiger partial charge is 0.411 e. The molecule has 18 nitrogen and oxygen atoms in total. The molecule has 0 bridgehead atoms. The Morgan fingerprint density at radius 1 is 0.788 bits per heavy atom. The minimum atomic E-state index is -4.07. The van der Waals surface area contributed by atoms with Crippen LogP contribution in [0.3, 0.4) is 0 Å². The third-order valence-corrected chi connectivity index (χ3v) is 11.8. The van der Waals surface area contributed by atoms with Crippen molar-refractivity contribution in [3.05, 3.63) is 138 Å². The van der Waals surface area contributed by atoms with E-state index < -0.39 is 93.8 Å². The molecule has 66 heavy (non-hydrogen) atoms. The highest BCUT2D eigenvalue weighted by atomic mass is 32.2. The summed E-state index contributed by atoms with van der Waals surface area (Å²) in [5.41, 5.74) is 3.02. The van der Waals surface area contributed by atoms with E-state index in [4.69, 9.17) is 4.74 Å². The SMILES string of the molecule is CCC[C@H](NC(=O)C1C[C@@H](NS(=O)(=O)c2ccccc2)CN1C(=O)OC(C)(C)C)C(=NNC(=O)NC(c1ccccc1)c1ccccc1)C(=O)NCC(=O)N[C@H](C(=O)NC)c1ccccc1.[HH].[HH]. The Morgan fingerprint density at radius 2 is 1.33 bits per heavy atom. The van der Waals surface area contributed by atoms with Crippen molar-refractivity contribution >= 4 is 51.5 Å². The highest BCUT2D eigenvalue weighted by Gasteiger charge is 2.44. The summed E-state index contributed by atoms with van der Waals surface area (Å²) in [5.74, 6) is -2.96. The van der Waals surface area contributed by atoms with Gasteiger partial charge in [0.25, 0.3) is 5.91 Å². The Labute approximate surface area is 387 Å². The molecular formula is C47H61N9O9S. The zero-order chi connectivity index (χ0) is 47.9. The van der Waals surface area contributed by atoms with E-state index in [1.54, 1.807) is 76.2 Å². The van der Waals surface area contributed by atoms with Crippen LogP contribution in [0.1, 0.15) is 78.6 Å². The lowest BCUT2D eigenvalue weighted by atomic mass is 9.99. The molecule has 5 rings (SSSR count). The topological polar surface area (TPSA) is 246 Å². The fraction of sp³-hybridized carbons (Fsp3) is 0.340. The highest BCUT2D eigenvalue weighted by Crippen LogP contribution is 2.25. The fourth-order valence-corrected chi connectivity index (χ4v) is 8.44. The second-order valence-corrected chi connectivity index (χ2v) is 18.1. The summed E-state index contributed by atoms with van der Waals surface area (Å²) in [6.07, 6.45) is -0.577. The van der Waals surface area contributed by atoms with Gasteiger partial charge in [-0.05, 0) is 62.4 Å². The molecule has 0 radical (unpaired) electrons. The molecule has 1 heterocycles. The van der Waals surface area contributed by atoms with Gasteiger partial charge in [-0.25, -0.2) is 28.2 Å². The monoisotopic (exact) mass is 927 g/mol. The Hall–Kier alpha value is -7.12. The molecule has 0 aromatic heterocycles. The molecule has 19 heteroatoms. The zero-order valence-electron chi connectivity index (χ0n) is 37.4. The maximum absolute atomic E-state index is 14.4. The first-order valence-corrected chi connectivity index (χ1v) is 22.9. The summed E-state index contributed by atoms with van der Waals surface area (Å²) in [6, 6.07) is 28.5. The van der Waals surface area contributed by atoms with Crippen molar-refractivity contribution in [3.63, 3.8) is 0 Å². The van der Waals surface area contributed by atoms with Crippen molar-refractivity contribution in [2.45, 2.75) is 87.7 Å². The number of nitrogens with one attached hydrogen (secondary N) is 7. The Balaban J connectivity index is 0.00000612. The number of benzene rings is 4. The maximum Gasteiger partial charge on any atom is 0.411 e.